The molecule has 0 radical (unpaired) electrons. The van der Waals surface area contributed by atoms with Gasteiger partial charge in [-0.15, -0.1) is 0 Å². The van der Waals surface area contributed by atoms with E-state index in [0.29, 0.717) is 10.7 Å². The van der Waals surface area contributed by atoms with E-state index in [0.717, 1.165) is 0 Å². The minimum atomic E-state index is -4.07. The maximum absolute atomic E-state index is 12.4. The highest BCUT2D eigenvalue weighted by Crippen LogP contribution is 2.29. The van der Waals surface area contributed by atoms with E-state index in [2.05, 4.69) is 10.1 Å². The van der Waals surface area contributed by atoms with Gasteiger partial charge in [0.25, 0.3) is 15.9 Å². The van der Waals surface area contributed by atoms with Gasteiger partial charge in [-0.3, -0.25) is 9.59 Å². The number of hydrogen-bond donors (Lipinski definition) is 1. The number of nitrogens with zero attached hydrogens (tertiary/aromatic N) is 1. The zero-order chi connectivity index (χ0) is 18.8. The number of nitrogens with one attached hydrogen (secondary N) is 1. The average molecular weight is 368 g/mol. The van der Waals surface area contributed by atoms with Crippen molar-refractivity contribution in [2.75, 3.05) is 13.7 Å². The standard InChI is InChI=1S/C16H20N2O6S/c1-10(2)8-12(16(21)24-3)17-14(19)9-18-15(20)11-6-4-5-7-13(11)25(18,22)23/h4-7,10,12H,8-9H2,1-3H3,(H,17,19)/t12-/m1/s1. The molecule has 2 amide bonds. The third-order valence-corrected chi connectivity index (χ3v) is 5.51. The van der Waals surface area contributed by atoms with E-state index in [4.69, 9.17) is 0 Å². The molecule has 1 aromatic rings. The second-order valence-corrected chi connectivity index (χ2v) is 7.92. The molecule has 0 aliphatic carbocycles. The summed E-state index contributed by atoms with van der Waals surface area (Å²) in [5, 5.41) is 2.44. The number of hydrogen-bond acceptors (Lipinski definition) is 6. The van der Waals surface area contributed by atoms with Crippen molar-refractivity contribution in [2.24, 2.45) is 5.92 Å². The van der Waals surface area contributed by atoms with Gasteiger partial charge in [-0.25, -0.2) is 17.5 Å². The Morgan fingerprint density at radius 1 is 1.24 bits per heavy atom. The van der Waals surface area contributed by atoms with Gasteiger partial charge < -0.3 is 10.1 Å². The fraction of sp³-hybridized carbons (Fsp3) is 0.438. The minimum Gasteiger partial charge on any atom is -0.467 e. The highest BCUT2D eigenvalue weighted by molar-refractivity contribution is 7.90. The van der Waals surface area contributed by atoms with E-state index in [1.165, 1.54) is 25.3 Å². The molecule has 1 aliphatic heterocycles. The summed E-state index contributed by atoms with van der Waals surface area (Å²) >= 11 is 0. The third-order valence-electron chi connectivity index (χ3n) is 3.73. The Hall–Kier alpha value is -2.42. The number of methoxy groups -OCH3 is 1. The molecule has 0 bridgehead atoms. The lowest BCUT2D eigenvalue weighted by molar-refractivity contribution is -0.145. The summed E-state index contributed by atoms with van der Waals surface area (Å²) in [6, 6.07) is 4.86. The summed E-state index contributed by atoms with van der Waals surface area (Å²) in [5.41, 5.74) is 0.0296. The maximum Gasteiger partial charge on any atom is 0.328 e. The summed E-state index contributed by atoms with van der Waals surface area (Å²) in [5.74, 6) is -2.03. The van der Waals surface area contributed by atoms with Crippen LogP contribution in [-0.4, -0.2) is 50.2 Å². The summed E-state index contributed by atoms with van der Waals surface area (Å²) in [6.45, 7) is 3.04. The monoisotopic (exact) mass is 368 g/mol. The molecule has 1 heterocycles. The fourth-order valence-corrected chi connectivity index (χ4v) is 4.11. The lowest BCUT2D eigenvalue weighted by Crippen LogP contribution is -2.47. The van der Waals surface area contributed by atoms with Crippen molar-refractivity contribution in [3.8, 4) is 0 Å². The van der Waals surface area contributed by atoms with Crippen molar-refractivity contribution in [2.45, 2.75) is 31.2 Å². The topological polar surface area (TPSA) is 110 Å². The van der Waals surface area contributed by atoms with Crippen molar-refractivity contribution in [3.05, 3.63) is 29.8 Å². The van der Waals surface area contributed by atoms with Gasteiger partial charge in [0.15, 0.2) is 0 Å². The Bertz CT molecular complexity index is 803. The lowest BCUT2D eigenvalue weighted by Gasteiger charge is -2.20. The SMILES string of the molecule is COC(=O)[C@@H](CC(C)C)NC(=O)CN1C(=O)c2ccccc2S1(=O)=O. The first-order valence-electron chi connectivity index (χ1n) is 7.71. The molecule has 0 spiro atoms. The molecule has 9 heteroatoms. The average Bonchev–Trinajstić information content (AvgIpc) is 2.74. The number of benzene rings is 1. The van der Waals surface area contributed by atoms with Crippen LogP contribution in [0.25, 0.3) is 0 Å². The van der Waals surface area contributed by atoms with Crippen molar-refractivity contribution in [1.82, 2.24) is 9.62 Å². The molecule has 0 saturated carbocycles. The van der Waals surface area contributed by atoms with E-state index >= 15 is 0 Å². The highest BCUT2D eigenvalue weighted by Gasteiger charge is 2.42. The van der Waals surface area contributed by atoms with Crippen LogP contribution in [0.2, 0.25) is 0 Å². The van der Waals surface area contributed by atoms with Crippen LogP contribution >= 0.6 is 0 Å². The van der Waals surface area contributed by atoms with Crippen LogP contribution in [0.15, 0.2) is 29.2 Å². The van der Waals surface area contributed by atoms with Crippen LogP contribution in [0.1, 0.15) is 30.6 Å². The Kier molecular flexibility index (Phi) is 5.46. The van der Waals surface area contributed by atoms with Crippen LogP contribution < -0.4 is 5.32 Å². The van der Waals surface area contributed by atoms with Gasteiger partial charge in [-0.05, 0) is 24.5 Å². The van der Waals surface area contributed by atoms with Crippen molar-refractivity contribution in [1.29, 1.82) is 0 Å². The molecule has 1 atom stereocenters. The van der Waals surface area contributed by atoms with Gasteiger partial charge >= 0.3 is 5.97 Å². The predicted octanol–water partition coefficient (Wildman–Crippen LogP) is 0.535. The first-order valence-corrected chi connectivity index (χ1v) is 9.15. The second-order valence-electron chi connectivity index (χ2n) is 6.09. The van der Waals surface area contributed by atoms with Crippen LogP contribution in [-0.2, 0) is 24.3 Å². The summed E-state index contributed by atoms with van der Waals surface area (Å²) in [6.07, 6.45) is 0.333. The zero-order valence-electron chi connectivity index (χ0n) is 14.2. The van der Waals surface area contributed by atoms with Gasteiger partial charge in [-0.2, -0.15) is 0 Å². The Morgan fingerprint density at radius 3 is 2.44 bits per heavy atom. The van der Waals surface area contributed by atoms with Crippen molar-refractivity contribution < 1.29 is 27.5 Å². The van der Waals surface area contributed by atoms with E-state index < -0.39 is 40.4 Å². The zero-order valence-corrected chi connectivity index (χ0v) is 15.0. The molecule has 0 saturated heterocycles. The molecule has 0 fully saturated rings. The molecule has 136 valence electrons. The molecule has 25 heavy (non-hydrogen) atoms. The van der Waals surface area contributed by atoms with Gasteiger partial charge in [0.2, 0.25) is 5.91 Å². The molecule has 1 aromatic carbocycles. The molecule has 8 nitrogen and oxygen atoms in total. The van der Waals surface area contributed by atoms with Crippen LogP contribution in [0, 0.1) is 5.92 Å². The van der Waals surface area contributed by atoms with Crippen LogP contribution in [0.3, 0.4) is 0 Å². The minimum absolute atomic E-state index is 0.0296. The number of rotatable bonds is 6. The number of fused-ring (bicyclic) bond motifs is 1. The van der Waals surface area contributed by atoms with Crippen LogP contribution in [0.4, 0.5) is 0 Å². The van der Waals surface area contributed by atoms with E-state index in [1.54, 1.807) is 6.07 Å². The fourth-order valence-electron chi connectivity index (χ4n) is 2.59. The van der Waals surface area contributed by atoms with Gasteiger partial charge in [-0.1, -0.05) is 26.0 Å². The molecule has 0 aromatic heterocycles. The van der Waals surface area contributed by atoms with E-state index in [-0.39, 0.29) is 16.4 Å². The number of esters is 1. The first-order chi connectivity index (χ1) is 11.7. The number of carbonyl (C=O) groups is 3. The number of ether oxygens (including phenoxy) is 1. The van der Waals surface area contributed by atoms with Gasteiger partial charge in [0.1, 0.15) is 17.5 Å². The van der Waals surface area contributed by atoms with Crippen molar-refractivity contribution >= 4 is 27.8 Å². The summed E-state index contributed by atoms with van der Waals surface area (Å²) in [4.78, 5) is 36.1. The largest absolute Gasteiger partial charge is 0.467 e. The van der Waals surface area contributed by atoms with Crippen LogP contribution in [0.5, 0.6) is 0 Å². The predicted molar refractivity (Wildman–Crippen MR) is 88.1 cm³/mol. The molecule has 1 N–H and O–H groups in total. The molecular formula is C16H20N2O6S. The Labute approximate surface area is 146 Å². The van der Waals surface area contributed by atoms with Gasteiger partial charge in [0, 0.05) is 0 Å². The Balaban J connectivity index is 2.15. The maximum atomic E-state index is 12.4. The number of amides is 2. The first kappa shape index (κ1) is 18.9. The smallest absolute Gasteiger partial charge is 0.328 e. The molecular weight excluding hydrogens is 348 g/mol. The third kappa shape index (κ3) is 3.81. The molecule has 1 aliphatic rings. The number of sulfonamides is 1. The highest BCUT2D eigenvalue weighted by atomic mass is 32.2. The normalized spacial score (nSPS) is 16.5. The second kappa shape index (κ2) is 7.22. The summed E-state index contributed by atoms with van der Waals surface area (Å²) < 4.78 is 30.0. The number of carbonyl (C=O) groups excluding carboxylic acids is 3. The molecule has 2 rings (SSSR count). The van der Waals surface area contributed by atoms with Crippen molar-refractivity contribution in [3.63, 3.8) is 0 Å². The van der Waals surface area contributed by atoms with E-state index in [1.807, 2.05) is 13.8 Å². The molecule has 0 unspecified atom stereocenters. The summed E-state index contributed by atoms with van der Waals surface area (Å²) in [7, 11) is -2.87. The lowest BCUT2D eigenvalue weighted by atomic mass is 10.0. The van der Waals surface area contributed by atoms with Gasteiger partial charge in [0.05, 0.1) is 12.7 Å². The Morgan fingerprint density at radius 2 is 1.88 bits per heavy atom. The van der Waals surface area contributed by atoms with E-state index in [9.17, 15) is 22.8 Å². The quantitative estimate of drug-likeness (QED) is 0.734.